The van der Waals surface area contributed by atoms with Gasteiger partial charge in [0.1, 0.15) is 0 Å². The van der Waals surface area contributed by atoms with Crippen LogP contribution in [0.4, 0.5) is 5.69 Å². The summed E-state index contributed by atoms with van der Waals surface area (Å²) in [6, 6.07) is 11.5. The molecule has 1 unspecified atom stereocenters. The molecule has 28 heavy (non-hydrogen) atoms. The first-order chi connectivity index (χ1) is 12.8. The van der Waals surface area contributed by atoms with Crippen LogP contribution in [-0.2, 0) is 16.4 Å². The van der Waals surface area contributed by atoms with E-state index in [0.717, 1.165) is 36.1 Å². The van der Waals surface area contributed by atoms with Crippen LogP contribution in [0.15, 0.2) is 47.4 Å². The number of sulfonamides is 1. The number of carbonyl (C=O) groups excluding carboxylic acids is 1. The lowest BCUT2D eigenvalue weighted by molar-refractivity contribution is 0.0932. The van der Waals surface area contributed by atoms with Crippen molar-refractivity contribution in [2.75, 3.05) is 5.73 Å². The minimum absolute atomic E-state index is 0. The van der Waals surface area contributed by atoms with E-state index in [9.17, 15) is 13.2 Å². The Morgan fingerprint density at radius 3 is 2.64 bits per heavy atom. The number of aryl methyl sites for hydroxylation is 1. The molecular weight excluding hydrogens is 398 g/mol. The molecule has 8 heteroatoms. The normalized spacial score (nSPS) is 16.2. The van der Waals surface area contributed by atoms with Gasteiger partial charge in [0.05, 0.1) is 10.9 Å². The second-order valence-corrected chi connectivity index (χ2v) is 8.89. The smallest absolute Gasteiger partial charge is 0.251 e. The molecule has 1 aliphatic carbocycles. The molecule has 2 aromatic carbocycles. The van der Waals surface area contributed by atoms with Crippen LogP contribution >= 0.6 is 12.4 Å². The summed E-state index contributed by atoms with van der Waals surface area (Å²) in [5.41, 5.74) is 9.14. The average Bonchev–Trinajstić information content (AvgIpc) is 2.60. The zero-order valence-corrected chi connectivity index (χ0v) is 17.6. The van der Waals surface area contributed by atoms with Crippen molar-refractivity contribution in [3.05, 3.63) is 59.2 Å². The van der Waals surface area contributed by atoms with Crippen molar-refractivity contribution in [1.82, 2.24) is 10.0 Å². The molecule has 1 amide bonds. The summed E-state index contributed by atoms with van der Waals surface area (Å²) in [7, 11) is -3.65. The van der Waals surface area contributed by atoms with Gasteiger partial charge in [0.2, 0.25) is 10.0 Å². The number of carbonyl (C=O) groups is 1. The lowest BCUT2D eigenvalue weighted by atomic mass is 9.87. The third-order valence-corrected chi connectivity index (χ3v) is 6.24. The summed E-state index contributed by atoms with van der Waals surface area (Å²) in [6.07, 6.45) is 2.75. The molecule has 2 aromatic rings. The number of nitrogens with one attached hydrogen (secondary N) is 2. The summed E-state index contributed by atoms with van der Waals surface area (Å²) in [5.74, 6) is -0.286. The standard InChI is InChI=1S/C20H25N3O3S.ClH/c1-13(2)23-27(25,26)17-7-3-6-15(12-17)20(24)22-19-8-4-5-14-11-16(21)9-10-18(14)19;/h3,6-7,9-13,19,23H,4-5,8,21H2,1-2H3,(H,22,24);1H. The van der Waals surface area contributed by atoms with E-state index in [1.54, 1.807) is 26.0 Å². The van der Waals surface area contributed by atoms with Gasteiger partial charge < -0.3 is 11.1 Å². The molecule has 0 radical (unpaired) electrons. The maximum absolute atomic E-state index is 12.7. The number of halogens is 1. The van der Waals surface area contributed by atoms with E-state index in [2.05, 4.69) is 10.0 Å². The van der Waals surface area contributed by atoms with Gasteiger partial charge in [-0.2, -0.15) is 0 Å². The molecule has 0 saturated carbocycles. The molecule has 3 rings (SSSR count). The van der Waals surface area contributed by atoms with Crippen molar-refractivity contribution in [2.24, 2.45) is 0 Å². The zero-order chi connectivity index (χ0) is 19.6. The average molecular weight is 424 g/mol. The predicted octanol–water partition coefficient (Wildman–Crippen LogP) is 3.18. The van der Waals surface area contributed by atoms with Crippen LogP contribution in [0.25, 0.3) is 0 Å². The molecule has 1 atom stereocenters. The van der Waals surface area contributed by atoms with Gasteiger partial charge in [-0.25, -0.2) is 13.1 Å². The lowest BCUT2D eigenvalue weighted by Gasteiger charge is -2.26. The third-order valence-electron chi connectivity index (χ3n) is 4.58. The second-order valence-electron chi connectivity index (χ2n) is 7.18. The topological polar surface area (TPSA) is 101 Å². The Balaban J connectivity index is 0.00000280. The van der Waals surface area contributed by atoms with Crippen molar-refractivity contribution in [3.63, 3.8) is 0 Å². The van der Waals surface area contributed by atoms with Crippen LogP contribution < -0.4 is 15.8 Å². The van der Waals surface area contributed by atoms with Crippen LogP contribution in [0.2, 0.25) is 0 Å². The van der Waals surface area contributed by atoms with Crippen molar-refractivity contribution < 1.29 is 13.2 Å². The highest BCUT2D eigenvalue weighted by Crippen LogP contribution is 2.31. The minimum Gasteiger partial charge on any atom is -0.399 e. The molecule has 0 spiro atoms. The second kappa shape index (κ2) is 8.94. The number of amides is 1. The predicted molar refractivity (Wildman–Crippen MR) is 113 cm³/mol. The maximum Gasteiger partial charge on any atom is 0.251 e. The van der Waals surface area contributed by atoms with Gasteiger partial charge in [-0.15, -0.1) is 12.4 Å². The quantitative estimate of drug-likeness (QED) is 0.642. The Bertz CT molecular complexity index is 961. The molecule has 0 aromatic heterocycles. The summed E-state index contributed by atoms with van der Waals surface area (Å²) in [5, 5.41) is 3.04. The van der Waals surface area contributed by atoms with Gasteiger partial charge >= 0.3 is 0 Å². The van der Waals surface area contributed by atoms with Gasteiger partial charge in [-0.3, -0.25) is 4.79 Å². The number of benzene rings is 2. The number of hydrogen-bond donors (Lipinski definition) is 3. The van der Waals surface area contributed by atoms with Crippen molar-refractivity contribution in [1.29, 1.82) is 0 Å². The van der Waals surface area contributed by atoms with Gasteiger partial charge in [-0.1, -0.05) is 12.1 Å². The van der Waals surface area contributed by atoms with Crippen LogP contribution in [0.1, 0.15) is 54.2 Å². The Hall–Kier alpha value is -2.09. The number of nitrogens with two attached hydrogens (primary N) is 1. The third kappa shape index (κ3) is 5.04. The first-order valence-corrected chi connectivity index (χ1v) is 10.6. The molecule has 6 nitrogen and oxygen atoms in total. The van der Waals surface area contributed by atoms with Gasteiger partial charge in [0, 0.05) is 17.3 Å². The van der Waals surface area contributed by atoms with E-state index < -0.39 is 10.0 Å². The van der Waals surface area contributed by atoms with E-state index in [4.69, 9.17) is 5.73 Å². The molecule has 0 saturated heterocycles. The van der Waals surface area contributed by atoms with E-state index in [-0.39, 0.29) is 35.3 Å². The van der Waals surface area contributed by atoms with Crippen LogP contribution in [0.5, 0.6) is 0 Å². The fraction of sp³-hybridized carbons (Fsp3) is 0.350. The highest BCUT2D eigenvalue weighted by molar-refractivity contribution is 7.89. The van der Waals surface area contributed by atoms with E-state index in [0.29, 0.717) is 5.56 Å². The minimum atomic E-state index is -3.65. The van der Waals surface area contributed by atoms with E-state index in [1.807, 2.05) is 18.2 Å². The van der Waals surface area contributed by atoms with Crippen LogP contribution in [-0.4, -0.2) is 20.4 Å². The highest BCUT2D eigenvalue weighted by atomic mass is 35.5. The number of nitrogen functional groups attached to an aromatic ring is 1. The molecule has 0 fully saturated rings. The molecular formula is C20H26ClN3O3S. The first kappa shape index (κ1) is 22.2. The molecule has 0 aliphatic heterocycles. The fourth-order valence-corrected chi connectivity index (χ4v) is 4.71. The highest BCUT2D eigenvalue weighted by Gasteiger charge is 2.23. The van der Waals surface area contributed by atoms with Crippen LogP contribution in [0, 0.1) is 0 Å². The number of hydrogen-bond acceptors (Lipinski definition) is 4. The largest absolute Gasteiger partial charge is 0.399 e. The number of anilines is 1. The van der Waals surface area contributed by atoms with E-state index in [1.165, 1.54) is 12.1 Å². The molecule has 0 heterocycles. The van der Waals surface area contributed by atoms with Gasteiger partial charge in [-0.05, 0) is 74.6 Å². The van der Waals surface area contributed by atoms with Crippen LogP contribution in [0.3, 0.4) is 0 Å². The lowest BCUT2D eigenvalue weighted by Crippen LogP contribution is -2.32. The summed E-state index contributed by atoms with van der Waals surface area (Å²) in [4.78, 5) is 12.8. The molecule has 0 bridgehead atoms. The Morgan fingerprint density at radius 2 is 1.93 bits per heavy atom. The zero-order valence-electron chi connectivity index (χ0n) is 15.9. The van der Waals surface area contributed by atoms with Crippen molar-refractivity contribution in [2.45, 2.75) is 50.1 Å². The number of rotatable bonds is 5. The van der Waals surface area contributed by atoms with E-state index >= 15 is 0 Å². The van der Waals surface area contributed by atoms with Crippen molar-refractivity contribution in [3.8, 4) is 0 Å². The molecule has 152 valence electrons. The van der Waals surface area contributed by atoms with Crippen molar-refractivity contribution >= 4 is 34.0 Å². The fourth-order valence-electron chi connectivity index (χ4n) is 3.41. The summed E-state index contributed by atoms with van der Waals surface area (Å²) < 4.78 is 27.2. The Morgan fingerprint density at radius 1 is 1.18 bits per heavy atom. The molecule has 4 N–H and O–H groups in total. The first-order valence-electron chi connectivity index (χ1n) is 9.08. The van der Waals surface area contributed by atoms with Gasteiger partial charge in [0.15, 0.2) is 0 Å². The number of fused-ring (bicyclic) bond motifs is 1. The maximum atomic E-state index is 12.7. The summed E-state index contributed by atoms with van der Waals surface area (Å²) >= 11 is 0. The monoisotopic (exact) mass is 423 g/mol. The SMILES string of the molecule is CC(C)NS(=O)(=O)c1cccc(C(=O)NC2CCCc3cc(N)ccc32)c1.Cl. The summed E-state index contributed by atoms with van der Waals surface area (Å²) in [6.45, 7) is 3.50. The Kier molecular flexibility index (Phi) is 7.09. The Labute approximate surface area is 172 Å². The van der Waals surface area contributed by atoms with Gasteiger partial charge in [0.25, 0.3) is 5.91 Å². The molecule has 1 aliphatic rings.